The maximum Gasteiger partial charge on any atom is 0.307 e. The fourth-order valence-corrected chi connectivity index (χ4v) is 1.58. The van der Waals surface area contributed by atoms with Crippen LogP contribution in [-0.4, -0.2) is 16.9 Å². The van der Waals surface area contributed by atoms with Crippen LogP contribution in [0.25, 0.3) is 0 Å². The van der Waals surface area contributed by atoms with E-state index in [4.69, 9.17) is 5.11 Å². The van der Waals surface area contributed by atoms with Crippen LogP contribution < -0.4 is 0 Å². The van der Waals surface area contributed by atoms with Crippen molar-refractivity contribution in [3.8, 4) is 0 Å². The summed E-state index contributed by atoms with van der Waals surface area (Å²) in [6, 6.07) is 0. The van der Waals surface area contributed by atoms with Crippen LogP contribution in [0.2, 0.25) is 0 Å². The van der Waals surface area contributed by atoms with Crippen LogP contribution in [0.3, 0.4) is 0 Å². The largest absolute Gasteiger partial charge is 0.481 e. The Kier molecular flexibility index (Phi) is 1.74. The normalized spacial score (nSPS) is 28.9. The molecule has 1 aliphatic carbocycles. The number of carbonyl (C=O) groups excluding carboxylic acids is 1. The molecule has 0 amide bonds. The minimum Gasteiger partial charge on any atom is -0.481 e. The molecule has 3 heteroatoms. The van der Waals surface area contributed by atoms with Gasteiger partial charge < -0.3 is 5.11 Å². The molecule has 0 unspecified atom stereocenters. The molecular weight excluding hydrogens is 144 g/mol. The van der Waals surface area contributed by atoms with E-state index in [1.165, 1.54) is 0 Å². The summed E-state index contributed by atoms with van der Waals surface area (Å²) in [4.78, 5) is 21.8. The van der Waals surface area contributed by atoms with Crippen LogP contribution in [0.4, 0.5) is 0 Å². The lowest BCUT2D eigenvalue weighted by atomic mass is 9.81. The van der Waals surface area contributed by atoms with E-state index < -0.39 is 17.3 Å². The Morgan fingerprint density at radius 1 is 1.64 bits per heavy atom. The Balaban J connectivity index is 2.87. The third kappa shape index (κ3) is 1.15. The zero-order chi connectivity index (χ0) is 8.65. The van der Waals surface area contributed by atoms with E-state index in [1.54, 1.807) is 13.8 Å². The van der Waals surface area contributed by atoms with Gasteiger partial charge >= 0.3 is 5.97 Å². The average Bonchev–Trinajstić information content (AvgIpc) is 2.08. The van der Waals surface area contributed by atoms with Crippen molar-refractivity contribution in [1.82, 2.24) is 0 Å². The fourth-order valence-electron chi connectivity index (χ4n) is 1.58. The van der Waals surface area contributed by atoms with Crippen molar-refractivity contribution in [2.75, 3.05) is 0 Å². The monoisotopic (exact) mass is 156 g/mol. The number of Topliss-reactive ketones (excluding diaryl/α,β-unsaturated/α-hetero) is 1. The molecule has 0 aromatic rings. The van der Waals surface area contributed by atoms with Gasteiger partial charge in [0.05, 0.1) is 5.92 Å². The molecule has 1 atom stereocenters. The Hall–Kier alpha value is -0.860. The number of hydrogen-bond donors (Lipinski definition) is 1. The van der Waals surface area contributed by atoms with Gasteiger partial charge in [0.1, 0.15) is 5.78 Å². The zero-order valence-electron chi connectivity index (χ0n) is 6.76. The van der Waals surface area contributed by atoms with Crippen LogP contribution in [0.1, 0.15) is 26.7 Å². The number of carbonyl (C=O) groups is 2. The van der Waals surface area contributed by atoms with E-state index in [0.29, 0.717) is 12.8 Å². The summed E-state index contributed by atoms with van der Waals surface area (Å²) in [6.07, 6.45) is 0.922. The molecule has 0 saturated heterocycles. The molecule has 1 rings (SSSR count). The molecule has 0 bridgehead atoms. The van der Waals surface area contributed by atoms with Gasteiger partial charge in [-0.25, -0.2) is 0 Å². The summed E-state index contributed by atoms with van der Waals surface area (Å²) in [5, 5.41) is 8.71. The van der Waals surface area contributed by atoms with Crippen molar-refractivity contribution in [1.29, 1.82) is 0 Å². The highest BCUT2D eigenvalue weighted by Gasteiger charge is 2.45. The van der Waals surface area contributed by atoms with Crippen molar-refractivity contribution in [3.63, 3.8) is 0 Å². The number of carboxylic acids is 1. The summed E-state index contributed by atoms with van der Waals surface area (Å²) < 4.78 is 0. The molecule has 0 aromatic heterocycles. The van der Waals surface area contributed by atoms with Gasteiger partial charge in [-0.3, -0.25) is 9.59 Å². The quantitative estimate of drug-likeness (QED) is 0.618. The molecule has 1 fully saturated rings. The molecule has 0 heterocycles. The lowest BCUT2D eigenvalue weighted by Gasteiger charge is -2.20. The lowest BCUT2D eigenvalue weighted by Crippen LogP contribution is -2.30. The predicted molar refractivity (Wildman–Crippen MR) is 39.1 cm³/mol. The van der Waals surface area contributed by atoms with E-state index in [-0.39, 0.29) is 5.78 Å². The maximum atomic E-state index is 11.1. The molecule has 1 aliphatic rings. The molecular formula is C8H12O3. The van der Waals surface area contributed by atoms with E-state index >= 15 is 0 Å². The molecule has 1 saturated carbocycles. The van der Waals surface area contributed by atoms with E-state index in [0.717, 1.165) is 0 Å². The highest BCUT2D eigenvalue weighted by Crippen LogP contribution is 2.39. The first-order chi connectivity index (χ1) is 4.96. The number of ketones is 1. The van der Waals surface area contributed by atoms with E-state index in [1.807, 2.05) is 0 Å². The van der Waals surface area contributed by atoms with Gasteiger partial charge in [-0.05, 0) is 6.42 Å². The minimum atomic E-state index is -0.846. The van der Waals surface area contributed by atoms with Gasteiger partial charge in [-0.2, -0.15) is 0 Å². The number of hydrogen-bond acceptors (Lipinski definition) is 2. The molecule has 11 heavy (non-hydrogen) atoms. The SMILES string of the molecule is CC1(C)C(=O)CC[C@@H]1C(=O)O. The molecule has 0 spiro atoms. The third-order valence-electron chi connectivity index (χ3n) is 2.55. The second-order valence-electron chi connectivity index (χ2n) is 3.57. The van der Waals surface area contributed by atoms with Gasteiger partial charge in [0.25, 0.3) is 0 Å². The highest BCUT2D eigenvalue weighted by molar-refractivity contribution is 5.92. The first-order valence-electron chi connectivity index (χ1n) is 3.72. The van der Waals surface area contributed by atoms with Crippen LogP contribution in [-0.2, 0) is 9.59 Å². The predicted octanol–water partition coefficient (Wildman–Crippen LogP) is 1.08. The van der Waals surface area contributed by atoms with Gasteiger partial charge in [0, 0.05) is 11.8 Å². The van der Waals surface area contributed by atoms with Crippen LogP contribution in [0.15, 0.2) is 0 Å². The lowest BCUT2D eigenvalue weighted by molar-refractivity contribution is -0.147. The molecule has 3 nitrogen and oxygen atoms in total. The Labute approximate surface area is 65.4 Å². The number of aliphatic carboxylic acids is 1. The van der Waals surface area contributed by atoms with Gasteiger partial charge in [-0.1, -0.05) is 13.8 Å². The van der Waals surface area contributed by atoms with Crippen molar-refractivity contribution in [3.05, 3.63) is 0 Å². The fraction of sp³-hybridized carbons (Fsp3) is 0.750. The second-order valence-corrected chi connectivity index (χ2v) is 3.57. The Morgan fingerprint density at radius 3 is 2.36 bits per heavy atom. The summed E-state index contributed by atoms with van der Waals surface area (Å²) >= 11 is 0. The van der Waals surface area contributed by atoms with Crippen LogP contribution in [0, 0.1) is 11.3 Å². The van der Waals surface area contributed by atoms with Gasteiger partial charge in [0.2, 0.25) is 0 Å². The first-order valence-corrected chi connectivity index (χ1v) is 3.72. The molecule has 62 valence electrons. The summed E-state index contributed by atoms with van der Waals surface area (Å²) in [5.41, 5.74) is -0.647. The maximum absolute atomic E-state index is 11.1. The number of rotatable bonds is 1. The first kappa shape index (κ1) is 8.24. The van der Waals surface area contributed by atoms with Gasteiger partial charge in [0.15, 0.2) is 0 Å². The highest BCUT2D eigenvalue weighted by atomic mass is 16.4. The van der Waals surface area contributed by atoms with Crippen LogP contribution >= 0.6 is 0 Å². The second kappa shape index (κ2) is 2.32. The molecule has 0 aliphatic heterocycles. The Bertz CT molecular complexity index is 205. The molecule has 0 radical (unpaired) electrons. The third-order valence-corrected chi connectivity index (χ3v) is 2.55. The smallest absolute Gasteiger partial charge is 0.307 e. The summed E-state index contributed by atoms with van der Waals surface area (Å²) in [6.45, 7) is 3.42. The van der Waals surface area contributed by atoms with Gasteiger partial charge in [-0.15, -0.1) is 0 Å². The average molecular weight is 156 g/mol. The van der Waals surface area contributed by atoms with Crippen LogP contribution in [0.5, 0.6) is 0 Å². The molecule has 1 N–H and O–H groups in total. The summed E-state index contributed by atoms with van der Waals surface area (Å²) in [5.74, 6) is -1.25. The topological polar surface area (TPSA) is 54.4 Å². The molecule has 0 aromatic carbocycles. The van der Waals surface area contributed by atoms with E-state index in [9.17, 15) is 9.59 Å². The van der Waals surface area contributed by atoms with E-state index in [2.05, 4.69) is 0 Å². The Morgan fingerprint density at radius 2 is 2.18 bits per heavy atom. The zero-order valence-corrected chi connectivity index (χ0v) is 6.76. The van der Waals surface area contributed by atoms with Crippen molar-refractivity contribution in [2.24, 2.45) is 11.3 Å². The minimum absolute atomic E-state index is 0.0740. The summed E-state index contributed by atoms with van der Waals surface area (Å²) in [7, 11) is 0. The number of carboxylic acid groups (broad SMARTS) is 1. The van der Waals surface area contributed by atoms with Crippen molar-refractivity contribution >= 4 is 11.8 Å². The van der Waals surface area contributed by atoms with Crippen molar-refractivity contribution in [2.45, 2.75) is 26.7 Å². The standard InChI is InChI=1S/C8H12O3/c1-8(2)5(7(10)11)3-4-6(8)9/h5H,3-4H2,1-2H3,(H,10,11)/t5-/m1/s1. The van der Waals surface area contributed by atoms with Crippen molar-refractivity contribution < 1.29 is 14.7 Å².